The molecule has 0 unspecified atom stereocenters. The number of hydrogen-bond acceptors (Lipinski definition) is 3. The number of carbonyl (C=O) groups excluding carboxylic acids is 1. The number of rotatable bonds is 2. The number of hydrogen-bond donors (Lipinski definition) is 1. The van der Waals surface area contributed by atoms with E-state index in [1.807, 2.05) is 24.3 Å². The Morgan fingerprint density at radius 3 is 3.09 bits per heavy atom. The number of nitrogens with one attached hydrogen (secondary N) is 1. The lowest BCUT2D eigenvalue weighted by molar-refractivity contribution is 0.102. The fraction of sp³-hybridized carbons (Fsp3) is 0.235. The number of amides is 1. The van der Waals surface area contributed by atoms with E-state index in [1.54, 1.807) is 18.6 Å². The van der Waals surface area contributed by atoms with E-state index in [9.17, 15) is 4.79 Å². The highest BCUT2D eigenvalue weighted by molar-refractivity contribution is 6.12. The van der Waals surface area contributed by atoms with Crippen LogP contribution in [0, 0.1) is 0 Å². The van der Waals surface area contributed by atoms with Crippen LogP contribution in [0.3, 0.4) is 0 Å². The van der Waals surface area contributed by atoms with E-state index < -0.39 is 0 Å². The van der Waals surface area contributed by atoms with Crippen molar-refractivity contribution in [2.24, 2.45) is 0 Å². The molecule has 110 valence electrons. The van der Waals surface area contributed by atoms with E-state index in [2.05, 4.69) is 19.9 Å². The second-order valence-electron chi connectivity index (χ2n) is 5.52. The minimum atomic E-state index is -0.106. The normalized spacial score (nSPS) is 13.8. The molecule has 1 aliphatic heterocycles. The summed E-state index contributed by atoms with van der Waals surface area (Å²) in [4.78, 5) is 21.1. The topological polar surface area (TPSA) is 59.8 Å². The molecule has 0 aliphatic carbocycles. The Kier molecular flexibility index (Phi) is 3.11. The van der Waals surface area contributed by atoms with Crippen LogP contribution in [0.25, 0.3) is 10.8 Å². The number of pyridine rings is 1. The molecule has 0 spiro atoms. The van der Waals surface area contributed by atoms with E-state index in [-0.39, 0.29) is 5.91 Å². The maximum absolute atomic E-state index is 12.6. The molecule has 3 heterocycles. The zero-order valence-corrected chi connectivity index (χ0v) is 12.1. The largest absolute Gasteiger partial charge is 0.315 e. The van der Waals surface area contributed by atoms with Gasteiger partial charge in [-0.25, -0.2) is 4.98 Å². The number of imidazole rings is 1. The highest BCUT2D eigenvalue weighted by Gasteiger charge is 2.17. The Morgan fingerprint density at radius 1 is 1.18 bits per heavy atom. The van der Waals surface area contributed by atoms with E-state index in [4.69, 9.17) is 0 Å². The van der Waals surface area contributed by atoms with Crippen molar-refractivity contribution in [3.63, 3.8) is 0 Å². The Morgan fingerprint density at radius 2 is 2.14 bits per heavy atom. The molecule has 0 saturated heterocycles. The number of nitrogens with zero attached hydrogens (tertiary/aromatic N) is 3. The average molecular weight is 292 g/mol. The van der Waals surface area contributed by atoms with E-state index in [1.165, 1.54) is 6.42 Å². The SMILES string of the molecule is O=C(Nc1cnc2n1CCCC2)c1cccc2cnccc12. The third-order valence-corrected chi connectivity index (χ3v) is 4.14. The van der Waals surface area contributed by atoms with Crippen LogP contribution < -0.4 is 5.32 Å². The van der Waals surface area contributed by atoms with Crippen LogP contribution in [0.5, 0.6) is 0 Å². The van der Waals surface area contributed by atoms with Crippen molar-refractivity contribution < 1.29 is 4.79 Å². The summed E-state index contributed by atoms with van der Waals surface area (Å²) in [6.07, 6.45) is 8.51. The molecule has 1 amide bonds. The molecule has 5 nitrogen and oxygen atoms in total. The number of anilines is 1. The Balaban J connectivity index is 1.68. The summed E-state index contributed by atoms with van der Waals surface area (Å²) in [7, 11) is 0. The zero-order valence-electron chi connectivity index (χ0n) is 12.1. The molecule has 0 saturated carbocycles. The van der Waals surface area contributed by atoms with Gasteiger partial charge in [-0.15, -0.1) is 0 Å². The molecule has 0 bridgehead atoms. The van der Waals surface area contributed by atoms with Crippen LogP contribution in [0.15, 0.2) is 42.9 Å². The molecular weight excluding hydrogens is 276 g/mol. The first-order chi connectivity index (χ1) is 10.8. The van der Waals surface area contributed by atoms with Gasteiger partial charge in [0.2, 0.25) is 0 Å². The van der Waals surface area contributed by atoms with Gasteiger partial charge in [-0.3, -0.25) is 9.78 Å². The second kappa shape index (κ2) is 5.26. The molecule has 22 heavy (non-hydrogen) atoms. The summed E-state index contributed by atoms with van der Waals surface area (Å²) in [6, 6.07) is 7.55. The maximum Gasteiger partial charge on any atom is 0.257 e. The molecule has 1 aliphatic rings. The lowest BCUT2D eigenvalue weighted by Crippen LogP contribution is -2.18. The summed E-state index contributed by atoms with van der Waals surface area (Å²) in [5, 5.41) is 4.87. The third-order valence-electron chi connectivity index (χ3n) is 4.14. The average Bonchev–Trinajstić information content (AvgIpc) is 2.97. The van der Waals surface area contributed by atoms with Crippen molar-refractivity contribution in [1.82, 2.24) is 14.5 Å². The van der Waals surface area contributed by atoms with Crippen molar-refractivity contribution in [1.29, 1.82) is 0 Å². The highest BCUT2D eigenvalue weighted by atomic mass is 16.1. The first-order valence-corrected chi connectivity index (χ1v) is 7.51. The summed E-state index contributed by atoms with van der Waals surface area (Å²) in [5.41, 5.74) is 0.659. The van der Waals surface area contributed by atoms with Crippen LogP contribution in [0.1, 0.15) is 29.0 Å². The monoisotopic (exact) mass is 292 g/mol. The summed E-state index contributed by atoms with van der Waals surface area (Å²) in [5.74, 6) is 1.74. The first-order valence-electron chi connectivity index (χ1n) is 7.51. The Hall–Kier alpha value is -2.69. The lowest BCUT2D eigenvalue weighted by atomic mass is 10.1. The van der Waals surface area contributed by atoms with Crippen LogP contribution in [0.4, 0.5) is 5.82 Å². The van der Waals surface area contributed by atoms with Crippen LogP contribution in [0.2, 0.25) is 0 Å². The van der Waals surface area contributed by atoms with Gasteiger partial charge in [-0.1, -0.05) is 12.1 Å². The van der Waals surface area contributed by atoms with Crippen LogP contribution in [-0.2, 0) is 13.0 Å². The molecule has 1 aromatic carbocycles. The molecule has 3 aromatic rings. The molecule has 0 fully saturated rings. The van der Waals surface area contributed by atoms with Gasteiger partial charge in [0.25, 0.3) is 5.91 Å². The van der Waals surface area contributed by atoms with Gasteiger partial charge in [0.05, 0.1) is 6.20 Å². The number of aromatic nitrogens is 3. The Bertz CT molecular complexity index is 847. The maximum atomic E-state index is 12.6. The van der Waals surface area contributed by atoms with Gasteiger partial charge in [0.15, 0.2) is 0 Å². The van der Waals surface area contributed by atoms with Crippen molar-refractivity contribution in [3.8, 4) is 0 Å². The van der Waals surface area contributed by atoms with Crippen LogP contribution >= 0.6 is 0 Å². The van der Waals surface area contributed by atoms with Gasteiger partial charge in [0.1, 0.15) is 11.6 Å². The quantitative estimate of drug-likeness (QED) is 0.790. The molecular formula is C17H16N4O. The fourth-order valence-electron chi connectivity index (χ4n) is 3.02. The van der Waals surface area contributed by atoms with E-state index >= 15 is 0 Å². The van der Waals surface area contributed by atoms with E-state index in [0.29, 0.717) is 5.56 Å². The Labute approximate surface area is 128 Å². The van der Waals surface area contributed by atoms with Crippen molar-refractivity contribution in [2.75, 3.05) is 5.32 Å². The highest BCUT2D eigenvalue weighted by Crippen LogP contribution is 2.22. The van der Waals surface area contributed by atoms with Crippen molar-refractivity contribution >= 4 is 22.5 Å². The van der Waals surface area contributed by atoms with Gasteiger partial charge in [-0.2, -0.15) is 0 Å². The molecule has 4 rings (SSSR count). The zero-order chi connectivity index (χ0) is 14.9. The van der Waals surface area contributed by atoms with E-state index in [0.717, 1.165) is 41.8 Å². The van der Waals surface area contributed by atoms with Crippen LogP contribution in [-0.4, -0.2) is 20.4 Å². The minimum absolute atomic E-state index is 0.106. The molecule has 5 heteroatoms. The minimum Gasteiger partial charge on any atom is -0.315 e. The molecule has 1 N–H and O–H groups in total. The van der Waals surface area contributed by atoms with Gasteiger partial charge < -0.3 is 9.88 Å². The smallest absolute Gasteiger partial charge is 0.257 e. The fourth-order valence-corrected chi connectivity index (χ4v) is 3.02. The standard InChI is InChI=1S/C17H16N4O/c22-17(14-5-3-4-12-10-18-8-7-13(12)14)20-16-11-19-15-6-1-2-9-21(15)16/h3-5,7-8,10-11H,1-2,6,9H2,(H,20,22). The number of carbonyl (C=O) groups is 1. The van der Waals surface area contributed by atoms with Crippen molar-refractivity contribution in [3.05, 3.63) is 54.2 Å². The van der Waals surface area contributed by atoms with Gasteiger partial charge >= 0.3 is 0 Å². The predicted octanol–water partition coefficient (Wildman–Crippen LogP) is 3.02. The van der Waals surface area contributed by atoms with Gasteiger partial charge in [0, 0.05) is 36.3 Å². The van der Waals surface area contributed by atoms with Crippen molar-refractivity contribution in [2.45, 2.75) is 25.8 Å². The first kappa shape index (κ1) is 13.0. The summed E-state index contributed by atoms with van der Waals surface area (Å²) < 4.78 is 2.11. The second-order valence-corrected chi connectivity index (χ2v) is 5.52. The van der Waals surface area contributed by atoms with Gasteiger partial charge in [-0.05, 0) is 30.4 Å². The number of benzene rings is 1. The molecule has 0 atom stereocenters. The lowest BCUT2D eigenvalue weighted by Gasteiger charge is -2.16. The third kappa shape index (κ3) is 2.15. The number of aryl methyl sites for hydroxylation is 1. The molecule has 0 radical (unpaired) electrons. The summed E-state index contributed by atoms with van der Waals surface area (Å²) in [6.45, 7) is 0.921. The number of fused-ring (bicyclic) bond motifs is 2. The predicted molar refractivity (Wildman–Crippen MR) is 84.9 cm³/mol. The molecule has 2 aromatic heterocycles. The summed E-state index contributed by atoms with van der Waals surface area (Å²) >= 11 is 0.